The highest BCUT2D eigenvalue weighted by atomic mass is 79.9. The van der Waals surface area contributed by atoms with Crippen molar-refractivity contribution in [1.82, 2.24) is 9.80 Å². The molecule has 1 aromatic rings. The minimum atomic E-state index is 0.0798. The first-order valence-electron chi connectivity index (χ1n) is 7.54. The van der Waals surface area contributed by atoms with Gasteiger partial charge in [0.2, 0.25) is 0 Å². The number of halogens is 2. The molecule has 0 spiro atoms. The number of carbonyl (C=O) groups is 1. The highest BCUT2D eigenvalue weighted by Crippen LogP contribution is 2.23. The Morgan fingerprint density at radius 3 is 2.43 bits per heavy atom. The van der Waals surface area contributed by atoms with Gasteiger partial charge in [-0.05, 0) is 44.1 Å². The van der Waals surface area contributed by atoms with Crippen LogP contribution in [0.2, 0.25) is 5.02 Å². The minimum Gasteiger partial charge on any atom is -0.339 e. The van der Waals surface area contributed by atoms with E-state index in [9.17, 15) is 4.79 Å². The SMILES string of the molecule is CCN(CC)C1CCN(C(=O)c2cc(Cl)cc(Br)c2)CC1. The van der Waals surface area contributed by atoms with Gasteiger partial charge in [-0.25, -0.2) is 0 Å². The number of nitrogens with zero attached hydrogens (tertiary/aromatic N) is 2. The summed E-state index contributed by atoms with van der Waals surface area (Å²) in [6.07, 6.45) is 2.10. The molecule has 1 fully saturated rings. The van der Waals surface area contributed by atoms with Crippen molar-refractivity contribution in [3.05, 3.63) is 33.3 Å². The van der Waals surface area contributed by atoms with Gasteiger partial charge in [-0.2, -0.15) is 0 Å². The van der Waals surface area contributed by atoms with Crippen molar-refractivity contribution in [2.45, 2.75) is 32.7 Å². The molecule has 1 amide bonds. The highest BCUT2D eigenvalue weighted by molar-refractivity contribution is 9.10. The summed E-state index contributed by atoms with van der Waals surface area (Å²) in [5, 5.41) is 0.589. The topological polar surface area (TPSA) is 23.6 Å². The normalized spacial score (nSPS) is 16.5. The first-order chi connectivity index (χ1) is 10.0. The molecule has 3 nitrogen and oxygen atoms in total. The fraction of sp³-hybridized carbons (Fsp3) is 0.562. The lowest BCUT2D eigenvalue weighted by Crippen LogP contribution is -2.46. The lowest BCUT2D eigenvalue weighted by molar-refractivity contribution is 0.0631. The molecular formula is C16H22BrClN2O. The second-order valence-corrected chi connectivity index (χ2v) is 6.75. The molecule has 0 radical (unpaired) electrons. The molecule has 5 heteroatoms. The first kappa shape index (κ1) is 16.8. The standard InChI is InChI=1S/C16H22BrClN2O/c1-3-19(4-2)15-5-7-20(8-6-15)16(21)12-9-13(17)11-14(18)10-12/h9-11,15H,3-8H2,1-2H3. The van der Waals surface area contributed by atoms with E-state index in [-0.39, 0.29) is 5.91 Å². The van der Waals surface area contributed by atoms with E-state index >= 15 is 0 Å². The van der Waals surface area contributed by atoms with Crippen molar-refractivity contribution in [3.8, 4) is 0 Å². The van der Waals surface area contributed by atoms with Crippen LogP contribution >= 0.6 is 27.5 Å². The van der Waals surface area contributed by atoms with E-state index < -0.39 is 0 Å². The zero-order chi connectivity index (χ0) is 15.4. The van der Waals surface area contributed by atoms with Gasteiger partial charge in [0.25, 0.3) is 5.91 Å². The third-order valence-corrected chi connectivity index (χ3v) is 4.87. The third-order valence-electron chi connectivity index (χ3n) is 4.19. The quantitative estimate of drug-likeness (QED) is 0.795. The molecule has 0 N–H and O–H groups in total. The molecule has 1 heterocycles. The molecule has 1 aliphatic rings. The molecule has 0 bridgehead atoms. The Bertz CT molecular complexity index is 477. The molecule has 1 aliphatic heterocycles. The molecule has 0 unspecified atom stereocenters. The summed E-state index contributed by atoms with van der Waals surface area (Å²) in [6.45, 7) is 8.20. The summed E-state index contributed by atoms with van der Waals surface area (Å²) in [4.78, 5) is 17.0. The number of benzene rings is 1. The Morgan fingerprint density at radius 1 is 1.29 bits per heavy atom. The second kappa shape index (κ2) is 7.61. The Labute approximate surface area is 140 Å². The number of amides is 1. The smallest absolute Gasteiger partial charge is 0.253 e. The average molecular weight is 374 g/mol. The predicted octanol–water partition coefficient (Wildman–Crippen LogP) is 4.05. The van der Waals surface area contributed by atoms with Gasteiger partial charge in [0.05, 0.1) is 0 Å². The monoisotopic (exact) mass is 372 g/mol. The molecule has 0 saturated carbocycles. The van der Waals surface area contributed by atoms with Crippen LogP contribution in [0.25, 0.3) is 0 Å². The van der Waals surface area contributed by atoms with Crippen molar-refractivity contribution >= 4 is 33.4 Å². The van der Waals surface area contributed by atoms with E-state index in [2.05, 4.69) is 34.7 Å². The predicted molar refractivity (Wildman–Crippen MR) is 91.0 cm³/mol. The van der Waals surface area contributed by atoms with Crippen molar-refractivity contribution in [2.75, 3.05) is 26.2 Å². The van der Waals surface area contributed by atoms with Crippen molar-refractivity contribution in [3.63, 3.8) is 0 Å². The lowest BCUT2D eigenvalue weighted by atomic mass is 10.0. The summed E-state index contributed by atoms with van der Waals surface area (Å²) in [6, 6.07) is 5.98. The maximum absolute atomic E-state index is 12.6. The fourth-order valence-corrected chi connectivity index (χ4v) is 3.89. The van der Waals surface area contributed by atoms with Crippen molar-refractivity contribution in [1.29, 1.82) is 0 Å². The number of hydrogen-bond donors (Lipinski definition) is 0. The van der Waals surface area contributed by atoms with Crippen LogP contribution in [0.5, 0.6) is 0 Å². The largest absolute Gasteiger partial charge is 0.339 e. The van der Waals surface area contributed by atoms with Crippen LogP contribution in [0.15, 0.2) is 22.7 Å². The Hall–Kier alpha value is -0.580. The van der Waals surface area contributed by atoms with Gasteiger partial charge < -0.3 is 9.80 Å². The molecule has 1 saturated heterocycles. The molecule has 0 atom stereocenters. The zero-order valence-corrected chi connectivity index (χ0v) is 15.0. The first-order valence-corrected chi connectivity index (χ1v) is 8.71. The van der Waals surface area contributed by atoms with Gasteiger partial charge in [0, 0.05) is 34.2 Å². The molecule has 0 aliphatic carbocycles. The summed E-state index contributed by atoms with van der Waals surface area (Å²) < 4.78 is 0.844. The van der Waals surface area contributed by atoms with Gasteiger partial charge >= 0.3 is 0 Å². The number of rotatable bonds is 4. The number of hydrogen-bond acceptors (Lipinski definition) is 2. The second-order valence-electron chi connectivity index (χ2n) is 5.40. The summed E-state index contributed by atoms with van der Waals surface area (Å²) in [7, 11) is 0. The summed E-state index contributed by atoms with van der Waals surface area (Å²) >= 11 is 9.42. The third kappa shape index (κ3) is 4.21. The maximum atomic E-state index is 12.6. The van der Waals surface area contributed by atoms with E-state index in [0.717, 1.165) is 43.5 Å². The molecular weight excluding hydrogens is 352 g/mol. The molecule has 2 rings (SSSR count). The van der Waals surface area contributed by atoms with E-state index in [1.807, 2.05) is 11.0 Å². The van der Waals surface area contributed by atoms with Crippen molar-refractivity contribution < 1.29 is 4.79 Å². The van der Waals surface area contributed by atoms with Gasteiger partial charge in [0.1, 0.15) is 0 Å². The summed E-state index contributed by atoms with van der Waals surface area (Å²) in [5.74, 6) is 0.0798. The van der Waals surface area contributed by atoms with Gasteiger partial charge in [-0.1, -0.05) is 41.4 Å². The number of carbonyl (C=O) groups excluding carboxylic acids is 1. The van der Waals surface area contributed by atoms with Crippen LogP contribution in [0, 0.1) is 0 Å². The maximum Gasteiger partial charge on any atom is 0.253 e. The van der Waals surface area contributed by atoms with Gasteiger partial charge in [0.15, 0.2) is 0 Å². The van der Waals surface area contributed by atoms with Gasteiger partial charge in [-0.15, -0.1) is 0 Å². The Kier molecular flexibility index (Phi) is 6.08. The Morgan fingerprint density at radius 2 is 1.90 bits per heavy atom. The van der Waals surface area contributed by atoms with E-state index in [0.29, 0.717) is 16.6 Å². The zero-order valence-electron chi connectivity index (χ0n) is 12.6. The average Bonchev–Trinajstić information content (AvgIpc) is 2.47. The summed E-state index contributed by atoms with van der Waals surface area (Å²) in [5.41, 5.74) is 0.663. The molecule has 21 heavy (non-hydrogen) atoms. The molecule has 0 aromatic heterocycles. The Balaban J connectivity index is 2.00. The van der Waals surface area contributed by atoms with Crippen LogP contribution in [-0.2, 0) is 0 Å². The van der Waals surface area contributed by atoms with Crippen molar-refractivity contribution in [2.24, 2.45) is 0 Å². The number of likely N-dealkylation sites (tertiary alicyclic amines) is 1. The molecule has 1 aromatic carbocycles. The van der Waals surface area contributed by atoms with Crippen LogP contribution in [0.1, 0.15) is 37.0 Å². The fourth-order valence-electron chi connectivity index (χ4n) is 3.03. The highest BCUT2D eigenvalue weighted by Gasteiger charge is 2.26. The number of piperidine rings is 1. The van der Waals surface area contributed by atoms with Crippen LogP contribution < -0.4 is 0 Å². The van der Waals surface area contributed by atoms with E-state index in [1.165, 1.54) is 0 Å². The minimum absolute atomic E-state index is 0.0798. The van der Waals surface area contributed by atoms with Crippen LogP contribution in [-0.4, -0.2) is 47.9 Å². The van der Waals surface area contributed by atoms with Crippen LogP contribution in [0.3, 0.4) is 0 Å². The van der Waals surface area contributed by atoms with E-state index in [4.69, 9.17) is 11.6 Å². The lowest BCUT2D eigenvalue weighted by Gasteiger charge is -2.37. The van der Waals surface area contributed by atoms with Gasteiger partial charge in [-0.3, -0.25) is 4.79 Å². The molecule has 116 valence electrons. The van der Waals surface area contributed by atoms with E-state index in [1.54, 1.807) is 12.1 Å². The van der Waals surface area contributed by atoms with Crippen LogP contribution in [0.4, 0.5) is 0 Å².